The summed E-state index contributed by atoms with van der Waals surface area (Å²) in [4.78, 5) is 0. The molecule has 0 saturated heterocycles. The van der Waals surface area contributed by atoms with E-state index < -0.39 is 0 Å². The SMILES string of the molecule is C=CCn1c(SCc2ccc(Br)cc2)nnc1C1CC1c1ccccc1. The van der Waals surface area contributed by atoms with Gasteiger partial charge < -0.3 is 4.57 Å². The first kappa shape index (κ1) is 17.6. The molecule has 5 heteroatoms. The lowest BCUT2D eigenvalue weighted by Gasteiger charge is -2.08. The van der Waals surface area contributed by atoms with Crippen molar-refractivity contribution >= 4 is 27.7 Å². The van der Waals surface area contributed by atoms with Gasteiger partial charge in [0.15, 0.2) is 5.16 Å². The zero-order valence-electron chi connectivity index (χ0n) is 14.4. The quantitative estimate of drug-likeness (QED) is 0.354. The Hall–Kier alpha value is -1.85. The van der Waals surface area contributed by atoms with Crippen molar-refractivity contribution in [3.8, 4) is 0 Å². The Morgan fingerprint density at radius 3 is 2.58 bits per heavy atom. The number of hydrogen-bond donors (Lipinski definition) is 0. The van der Waals surface area contributed by atoms with Crippen molar-refractivity contribution in [2.24, 2.45) is 0 Å². The molecule has 0 amide bonds. The van der Waals surface area contributed by atoms with Crippen LogP contribution in [-0.4, -0.2) is 14.8 Å². The van der Waals surface area contributed by atoms with Gasteiger partial charge in [0.25, 0.3) is 0 Å². The van der Waals surface area contributed by atoms with Crippen molar-refractivity contribution in [2.45, 2.75) is 35.7 Å². The van der Waals surface area contributed by atoms with E-state index in [1.165, 1.54) is 11.1 Å². The van der Waals surface area contributed by atoms with Crippen LogP contribution < -0.4 is 0 Å². The molecule has 132 valence electrons. The molecule has 3 nitrogen and oxygen atoms in total. The lowest BCUT2D eigenvalue weighted by atomic mass is 10.1. The van der Waals surface area contributed by atoms with E-state index >= 15 is 0 Å². The minimum Gasteiger partial charge on any atom is -0.302 e. The third kappa shape index (κ3) is 3.79. The molecule has 1 saturated carbocycles. The third-order valence-electron chi connectivity index (χ3n) is 4.69. The molecule has 2 atom stereocenters. The minimum absolute atomic E-state index is 0.465. The zero-order valence-corrected chi connectivity index (χ0v) is 16.8. The molecular weight excluding hydrogens is 406 g/mol. The molecule has 0 N–H and O–H groups in total. The summed E-state index contributed by atoms with van der Waals surface area (Å²) in [5.41, 5.74) is 2.68. The molecule has 1 aromatic heterocycles. The molecular formula is C21H20BrN3S. The average Bonchev–Trinajstić information content (AvgIpc) is 3.37. The fourth-order valence-electron chi connectivity index (χ4n) is 3.26. The van der Waals surface area contributed by atoms with Gasteiger partial charge in [-0.15, -0.1) is 16.8 Å². The predicted molar refractivity (Wildman–Crippen MR) is 110 cm³/mol. The lowest BCUT2D eigenvalue weighted by molar-refractivity contribution is 0.677. The highest BCUT2D eigenvalue weighted by Crippen LogP contribution is 2.54. The summed E-state index contributed by atoms with van der Waals surface area (Å²) in [6, 6.07) is 19.1. The topological polar surface area (TPSA) is 30.7 Å². The van der Waals surface area contributed by atoms with Gasteiger partial charge in [-0.05, 0) is 35.6 Å². The maximum absolute atomic E-state index is 4.54. The molecule has 1 aliphatic carbocycles. The van der Waals surface area contributed by atoms with E-state index in [1.807, 2.05) is 6.08 Å². The van der Waals surface area contributed by atoms with Crippen molar-refractivity contribution in [1.82, 2.24) is 14.8 Å². The standard InChI is InChI=1S/C21H20BrN3S/c1-2-12-25-20(19-13-18(19)16-6-4-3-5-7-16)23-24-21(25)26-14-15-8-10-17(22)11-9-15/h2-11,18-19H,1,12-14H2. The van der Waals surface area contributed by atoms with Crippen LogP contribution in [0.3, 0.4) is 0 Å². The highest BCUT2D eigenvalue weighted by molar-refractivity contribution is 9.10. The Morgan fingerprint density at radius 2 is 1.85 bits per heavy atom. The molecule has 26 heavy (non-hydrogen) atoms. The molecule has 4 rings (SSSR count). The van der Waals surface area contributed by atoms with Crippen molar-refractivity contribution in [3.63, 3.8) is 0 Å². The number of thioether (sulfide) groups is 1. The monoisotopic (exact) mass is 425 g/mol. The number of halogens is 1. The normalized spacial score (nSPS) is 18.7. The van der Waals surface area contributed by atoms with Crippen molar-refractivity contribution in [1.29, 1.82) is 0 Å². The number of rotatable bonds is 7. The van der Waals surface area contributed by atoms with Gasteiger partial charge in [-0.3, -0.25) is 0 Å². The first-order valence-electron chi connectivity index (χ1n) is 8.72. The second kappa shape index (κ2) is 7.80. The Bertz CT molecular complexity index is 889. The summed E-state index contributed by atoms with van der Waals surface area (Å²) < 4.78 is 3.33. The zero-order chi connectivity index (χ0) is 17.9. The van der Waals surface area contributed by atoms with Crippen LogP contribution >= 0.6 is 27.7 Å². The predicted octanol–water partition coefficient (Wildman–Crippen LogP) is 5.79. The minimum atomic E-state index is 0.465. The second-order valence-corrected chi connectivity index (χ2v) is 8.37. The van der Waals surface area contributed by atoms with Gasteiger partial charge in [-0.2, -0.15) is 0 Å². The summed E-state index contributed by atoms with van der Waals surface area (Å²) in [7, 11) is 0. The summed E-state index contributed by atoms with van der Waals surface area (Å²) in [6.07, 6.45) is 3.08. The van der Waals surface area contributed by atoms with Crippen LogP contribution in [0.25, 0.3) is 0 Å². The van der Waals surface area contributed by atoms with Gasteiger partial charge in [0, 0.05) is 22.7 Å². The summed E-state index contributed by atoms with van der Waals surface area (Å²) in [5, 5.41) is 9.99. The Morgan fingerprint density at radius 1 is 1.08 bits per heavy atom. The van der Waals surface area contributed by atoms with Crippen molar-refractivity contribution in [3.05, 3.63) is 88.7 Å². The molecule has 1 heterocycles. The second-order valence-electron chi connectivity index (χ2n) is 6.51. The fraction of sp³-hybridized carbons (Fsp3) is 0.238. The first-order chi connectivity index (χ1) is 12.8. The van der Waals surface area contributed by atoms with Gasteiger partial charge in [0.2, 0.25) is 0 Å². The van der Waals surface area contributed by atoms with E-state index in [1.54, 1.807) is 11.8 Å². The van der Waals surface area contributed by atoms with Gasteiger partial charge in [0.1, 0.15) is 5.82 Å². The molecule has 1 aliphatic rings. The molecule has 0 aliphatic heterocycles. The van der Waals surface area contributed by atoms with Gasteiger partial charge in [-0.25, -0.2) is 0 Å². The summed E-state index contributed by atoms with van der Waals surface area (Å²) in [6.45, 7) is 4.66. The highest BCUT2D eigenvalue weighted by Gasteiger charge is 2.43. The number of aromatic nitrogens is 3. The van der Waals surface area contributed by atoms with Crippen LogP contribution in [0.5, 0.6) is 0 Å². The van der Waals surface area contributed by atoms with Gasteiger partial charge in [0.05, 0.1) is 0 Å². The van der Waals surface area contributed by atoms with Gasteiger partial charge >= 0.3 is 0 Å². The van der Waals surface area contributed by atoms with E-state index in [4.69, 9.17) is 0 Å². The largest absolute Gasteiger partial charge is 0.302 e. The molecule has 0 bridgehead atoms. The molecule has 1 fully saturated rings. The highest BCUT2D eigenvalue weighted by atomic mass is 79.9. The lowest BCUT2D eigenvalue weighted by Crippen LogP contribution is -2.03. The number of nitrogens with zero attached hydrogens (tertiary/aromatic N) is 3. The number of allylic oxidation sites excluding steroid dienone is 1. The summed E-state index contributed by atoms with van der Waals surface area (Å²) in [5.74, 6) is 3.01. The maximum Gasteiger partial charge on any atom is 0.191 e. The molecule has 3 aromatic rings. The first-order valence-corrected chi connectivity index (χ1v) is 10.5. The van der Waals surface area contributed by atoms with Crippen LogP contribution in [-0.2, 0) is 12.3 Å². The molecule has 2 unspecified atom stereocenters. The van der Waals surface area contributed by atoms with Crippen LogP contribution in [0.1, 0.15) is 35.2 Å². The van der Waals surface area contributed by atoms with Crippen LogP contribution in [0, 0.1) is 0 Å². The van der Waals surface area contributed by atoms with Crippen LogP contribution in [0.15, 0.2) is 76.9 Å². The molecule has 2 aromatic carbocycles. The average molecular weight is 426 g/mol. The van der Waals surface area contributed by atoms with Crippen molar-refractivity contribution in [2.75, 3.05) is 0 Å². The molecule has 0 spiro atoms. The smallest absolute Gasteiger partial charge is 0.191 e. The Balaban J connectivity index is 1.50. The maximum atomic E-state index is 4.54. The number of hydrogen-bond acceptors (Lipinski definition) is 3. The molecule has 0 radical (unpaired) electrons. The fourth-order valence-corrected chi connectivity index (χ4v) is 4.43. The van der Waals surface area contributed by atoms with Gasteiger partial charge in [-0.1, -0.05) is 76.2 Å². The Labute approximate surface area is 166 Å². The van der Waals surface area contributed by atoms with Crippen LogP contribution in [0.4, 0.5) is 0 Å². The van der Waals surface area contributed by atoms with Crippen LogP contribution in [0.2, 0.25) is 0 Å². The van der Waals surface area contributed by atoms with E-state index in [9.17, 15) is 0 Å². The van der Waals surface area contributed by atoms with Crippen molar-refractivity contribution < 1.29 is 0 Å². The van der Waals surface area contributed by atoms with E-state index in [2.05, 4.69) is 91.9 Å². The van der Waals surface area contributed by atoms with E-state index in [-0.39, 0.29) is 0 Å². The van der Waals surface area contributed by atoms with E-state index in [0.717, 1.165) is 34.2 Å². The van der Waals surface area contributed by atoms with E-state index in [0.29, 0.717) is 11.8 Å². The number of benzene rings is 2. The third-order valence-corrected chi connectivity index (χ3v) is 6.25. The Kier molecular flexibility index (Phi) is 5.27. The summed E-state index contributed by atoms with van der Waals surface area (Å²) >= 11 is 5.22.